The Hall–Kier alpha value is -3.16. The molecule has 0 aromatic heterocycles. The molecule has 0 aliphatic carbocycles. The summed E-state index contributed by atoms with van der Waals surface area (Å²) in [4.78, 5) is 17.6. The zero-order valence-corrected chi connectivity index (χ0v) is 21.2. The maximum absolute atomic E-state index is 13.4. The molecule has 184 valence electrons. The average molecular weight is 492 g/mol. The van der Waals surface area contributed by atoms with E-state index in [2.05, 4.69) is 36.9 Å². The number of benzene rings is 3. The quantitative estimate of drug-likeness (QED) is 0.480. The average Bonchev–Trinajstić information content (AvgIpc) is 2.89. The highest BCUT2D eigenvalue weighted by Gasteiger charge is 2.30. The van der Waals surface area contributed by atoms with E-state index in [1.807, 2.05) is 30.3 Å². The van der Waals surface area contributed by atoms with Crippen molar-refractivity contribution in [2.24, 2.45) is 0 Å². The number of carbonyl (C=O) groups is 1. The number of anilines is 1. The third-order valence-electron chi connectivity index (χ3n) is 6.73. The Balaban J connectivity index is 1.45. The van der Waals surface area contributed by atoms with E-state index in [0.29, 0.717) is 19.5 Å². The minimum Gasteiger partial charge on any atom is -0.368 e. The Labute approximate surface area is 208 Å². The monoisotopic (exact) mass is 491 g/mol. The van der Waals surface area contributed by atoms with Crippen LogP contribution < -0.4 is 4.90 Å². The minimum absolute atomic E-state index is 0.154. The van der Waals surface area contributed by atoms with Crippen molar-refractivity contribution in [3.63, 3.8) is 0 Å². The van der Waals surface area contributed by atoms with E-state index in [0.717, 1.165) is 18.7 Å². The second kappa shape index (κ2) is 11.1. The standard InChI is InChI=1S/C28H33N3O3S/c1-23-10-9-15-27(24(23)2)29-18-20-30(21-19-29)28(32)22-31(17-16-25-11-5-3-6-12-25)35(33,34)26-13-7-4-8-14-26/h3-15H,16-22H2,1-2H3. The minimum atomic E-state index is -3.79. The van der Waals surface area contributed by atoms with Crippen LogP contribution in [0.2, 0.25) is 0 Å². The molecule has 1 heterocycles. The zero-order valence-electron chi connectivity index (χ0n) is 20.4. The van der Waals surface area contributed by atoms with Gasteiger partial charge in [0.05, 0.1) is 11.4 Å². The topological polar surface area (TPSA) is 60.9 Å². The molecule has 1 aliphatic heterocycles. The molecular formula is C28H33N3O3S. The van der Waals surface area contributed by atoms with Crippen LogP contribution in [0.15, 0.2) is 83.8 Å². The second-order valence-electron chi connectivity index (χ2n) is 8.97. The molecule has 3 aromatic carbocycles. The van der Waals surface area contributed by atoms with Gasteiger partial charge in [0.15, 0.2) is 0 Å². The van der Waals surface area contributed by atoms with E-state index in [9.17, 15) is 13.2 Å². The summed E-state index contributed by atoms with van der Waals surface area (Å²) in [5, 5.41) is 0. The van der Waals surface area contributed by atoms with Crippen LogP contribution in [0.4, 0.5) is 5.69 Å². The maximum atomic E-state index is 13.4. The van der Waals surface area contributed by atoms with Gasteiger partial charge >= 0.3 is 0 Å². The van der Waals surface area contributed by atoms with Crippen LogP contribution in [-0.4, -0.2) is 62.8 Å². The highest BCUT2D eigenvalue weighted by atomic mass is 32.2. The molecule has 0 bridgehead atoms. The van der Waals surface area contributed by atoms with E-state index >= 15 is 0 Å². The van der Waals surface area contributed by atoms with Gasteiger partial charge in [-0.05, 0) is 55.2 Å². The number of nitrogens with zero attached hydrogens (tertiary/aromatic N) is 3. The third kappa shape index (κ3) is 5.92. The molecule has 6 nitrogen and oxygen atoms in total. The van der Waals surface area contributed by atoms with Gasteiger partial charge in [-0.25, -0.2) is 8.42 Å². The molecular weight excluding hydrogens is 458 g/mol. The van der Waals surface area contributed by atoms with Crippen LogP contribution in [-0.2, 0) is 21.2 Å². The zero-order chi connectivity index (χ0) is 24.8. The lowest BCUT2D eigenvalue weighted by molar-refractivity contribution is -0.131. The van der Waals surface area contributed by atoms with Gasteiger partial charge in [-0.3, -0.25) is 4.79 Å². The van der Waals surface area contributed by atoms with E-state index in [1.165, 1.54) is 21.1 Å². The van der Waals surface area contributed by atoms with Crippen LogP contribution in [0.25, 0.3) is 0 Å². The Morgan fingerprint density at radius 1 is 0.829 bits per heavy atom. The summed E-state index contributed by atoms with van der Waals surface area (Å²) < 4.78 is 28.2. The van der Waals surface area contributed by atoms with Gasteiger partial charge in [0.2, 0.25) is 15.9 Å². The van der Waals surface area contributed by atoms with Crippen LogP contribution >= 0.6 is 0 Å². The summed E-state index contributed by atoms with van der Waals surface area (Å²) in [5.41, 5.74) is 4.75. The molecule has 0 spiro atoms. The van der Waals surface area contributed by atoms with E-state index in [1.54, 1.807) is 35.2 Å². The maximum Gasteiger partial charge on any atom is 0.243 e. The molecule has 0 radical (unpaired) electrons. The second-order valence-corrected chi connectivity index (χ2v) is 10.9. The molecule has 1 fully saturated rings. The number of carbonyl (C=O) groups excluding carboxylic acids is 1. The lowest BCUT2D eigenvalue weighted by atomic mass is 10.1. The lowest BCUT2D eigenvalue weighted by Crippen LogP contribution is -2.52. The molecule has 4 rings (SSSR count). The molecule has 0 saturated carbocycles. The van der Waals surface area contributed by atoms with Crippen LogP contribution in [0.1, 0.15) is 16.7 Å². The molecule has 0 unspecified atom stereocenters. The molecule has 1 saturated heterocycles. The molecule has 0 atom stereocenters. The molecule has 3 aromatic rings. The Morgan fingerprint density at radius 2 is 1.46 bits per heavy atom. The summed E-state index contributed by atoms with van der Waals surface area (Å²) >= 11 is 0. The molecule has 0 N–H and O–H groups in total. The first-order valence-electron chi connectivity index (χ1n) is 12.0. The predicted octanol–water partition coefficient (Wildman–Crippen LogP) is 3.89. The van der Waals surface area contributed by atoms with Gasteiger partial charge < -0.3 is 9.80 Å². The van der Waals surface area contributed by atoms with Crippen molar-refractivity contribution < 1.29 is 13.2 Å². The van der Waals surface area contributed by atoms with Gasteiger partial charge in [0.1, 0.15) is 0 Å². The van der Waals surface area contributed by atoms with Crippen molar-refractivity contribution >= 4 is 21.6 Å². The van der Waals surface area contributed by atoms with Gasteiger partial charge in [0, 0.05) is 38.4 Å². The summed E-state index contributed by atoms with van der Waals surface area (Å²) in [5.74, 6) is -0.154. The van der Waals surface area contributed by atoms with Crippen molar-refractivity contribution in [2.75, 3.05) is 44.2 Å². The number of sulfonamides is 1. The molecule has 1 aliphatic rings. The van der Waals surface area contributed by atoms with Crippen molar-refractivity contribution in [3.05, 3.63) is 95.6 Å². The number of amides is 1. The number of rotatable bonds is 8. The normalized spacial score (nSPS) is 14.4. The highest BCUT2D eigenvalue weighted by molar-refractivity contribution is 7.89. The molecule has 35 heavy (non-hydrogen) atoms. The molecule has 1 amide bonds. The van der Waals surface area contributed by atoms with Gasteiger partial charge in [-0.1, -0.05) is 60.7 Å². The fraction of sp³-hybridized carbons (Fsp3) is 0.321. The van der Waals surface area contributed by atoms with E-state index < -0.39 is 10.0 Å². The fourth-order valence-electron chi connectivity index (χ4n) is 4.45. The number of aryl methyl sites for hydroxylation is 1. The van der Waals surface area contributed by atoms with Crippen LogP contribution in [0.5, 0.6) is 0 Å². The van der Waals surface area contributed by atoms with Gasteiger partial charge in [-0.2, -0.15) is 4.31 Å². The number of piperazine rings is 1. The lowest BCUT2D eigenvalue weighted by Gasteiger charge is -2.37. The van der Waals surface area contributed by atoms with Crippen molar-refractivity contribution in [2.45, 2.75) is 25.2 Å². The molecule has 7 heteroatoms. The van der Waals surface area contributed by atoms with Crippen molar-refractivity contribution in [3.8, 4) is 0 Å². The van der Waals surface area contributed by atoms with E-state index in [4.69, 9.17) is 0 Å². The first kappa shape index (κ1) is 24.9. The van der Waals surface area contributed by atoms with Crippen molar-refractivity contribution in [1.29, 1.82) is 0 Å². The smallest absolute Gasteiger partial charge is 0.243 e. The van der Waals surface area contributed by atoms with Gasteiger partial charge in [-0.15, -0.1) is 0 Å². The summed E-state index contributed by atoms with van der Waals surface area (Å²) in [6.45, 7) is 6.92. The Morgan fingerprint density at radius 3 is 2.11 bits per heavy atom. The largest absolute Gasteiger partial charge is 0.368 e. The first-order chi connectivity index (χ1) is 16.9. The SMILES string of the molecule is Cc1cccc(N2CCN(C(=O)CN(CCc3ccccc3)S(=O)(=O)c3ccccc3)CC2)c1C. The number of hydrogen-bond acceptors (Lipinski definition) is 4. The Kier molecular flexibility index (Phi) is 7.88. The van der Waals surface area contributed by atoms with Crippen LogP contribution in [0, 0.1) is 13.8 Å². The van der Waals surface area contributed by atoms with Gasteiger partial charge in [0.25, 0.3) is 0 Å². The summed E-state index contributed by atoms with van der Waals surface area (Å²) in [6.07, 6.45) is 0.542. The third-order valence-corrected chi connectivity index (χ3v) is 8.59. The highest BCUT2D eigenvalue weighted by Crippen LogP contribution is 2.24. The van der Waals surface area contributed by atoms with E-state index in [-0.39, 0.29) is 23.9 Å². The fourth-order valence-corrected chi connectivity index (χ4v) is 5.86. The van der Waals surface area contributed by atoms with Crippen LogP contribution in [0.3, 0.4) is 0 Å². The number of hydrogen-bond donors (Lipinski definition) is 0. The van der Waals surface area contributed by atoms with Crippen molar-refractivity contribution in [1.82, 2.24) is 9.21 Å². The summed E-state index contributed by atoms with van der Waals surface area (Å²) in [6, 6.07) is 24.4. The Bertz CT molecular complexity index is 1240. The first-order valence-corrected chi connectivity index (χ1v) is 13.5. The summed E-state index contributed by atoms with van der Waals surface area (Å²) in [7, 11) is -3.79. The predicted molar refractivity (Wildman–Crippen MR) is 140 cm³/mol.